The number of hydrogen-bond donors (Lipinski definition) is 2. The molecule has 0 radical (unpaired) electrons. The van der Waals surface area contributed by atoms with E-state index in [1.54, 1.807) is 0 Å². The minimum atomic E-state index is -5.25. The van der Waals surface area contributed by atoms with Crippen molar-refractivity contribution in [2.24, 2.45) is 0 Å². The van der Waals surface area contributed by atoms with Crippen LogP contribution in [0.2, 0.25) is 0 Å². The molecule has 0 aliphatic heterocycles. The normalized spacial score (nSPS) is 23.8. The summed E-state index contributed by atoms with van der Waals surface area (Å²) in [4.78, 5) is 84.3. The van der Waals surface area contributed by atoms with Gasteiger partial charge < -0.3 is 68.9 Å². The van der Waals surface area contributed by atoms with Gasteiger partial charge in [0.2, 0.25) is 0 Å². The van der Waals surface area contributed by atoms with Crippen molar-refractivity contribution in [3.8, 4) is 0 Å². The molecule has 0 aromatic heterocycles. The summed E-state index contributed by atoms with van der Waals surface area (Å²) in [6.45, 7) is 0.484. The average molecular weight is 753 g/mol. The van der Waals surface area contributed by atoms with Crippen molar-refractivity contribution < 1.29 is 78.5 Å². The third kappa shape index (κ3) is 21.2. The SMILES string of the molecule is CC(CN(CP(=O)([O-])[O-])CP([O-])(O)=[OH+])N(CP(=O)([O-])[O-])CP([O-])(O)=[OH+].[NH-]C1CCCCC1[NH-].[Pt+2]. The van der Waals surface area contributed by atoms with Crippen molar-refractivity contribution in [2.75, 3.05) is 31.7 Å². The van der Waals surface area contributed by atoms with Gasteiger partial charge in [-0.1, -0.05) is 40.9 Å². The first-order valence-corrected chi connectivity index (χ1v) is 16.6. The molecule has 1 aliphatic rings. The van der Waals surface area contributed by atoms with Crippen LogP contribution in [0.25, 0.3) is 11.5 Å². The van der Waals surface area contributed by atoms with Crippen molar-refractivity contribution >= 4 is 30.4 Å². The Balaban J connectivity index is 0. The van der Waals surface area contributed by atoms with Crippen LogP contribution in [0.5, 0.6) is 0 Å². The zero-order chi connectivity index (χ0) is 26.3. The maximum Gasteiger partial charge on any atom is 2.00 e. The van der Waals surface area contributed by atoms with Gasteiger partial charge in [0.15, 0.2) is 0 Å². The van der Waals surface area contributed by atoms with Crippen molar-refractivity contribution in [3.05, 3.63) is 11.5 Å². The van der Waals surface area contributed by atoms with Gasteiger partial charge in [-0.2, -0.15) is 12.1 Å². The average Bonchev–Trinajstić information content (AvgIpc) is 2.51. The molecule has 0 amide bonds. The first-order valence-electron chi connectivity index (χ1n) is 9.58. The fourth-order valence-corrected chi connectivity index (χ4v) is 6.50. The van der Waals surface area contributed by atoms with E-state index < -0.39 is 68.1 Å². The summed E-state index contributed by atoms with van der Waals surface area (Å²) in [5.74, 6) is 0. The molecule has 16 nitrogen and oxygen atoms in total. The van der Waals surface area contributed by atoms with Crippen LogP contribution >= 0.6 is 30.4 Å². The van der Waals surface area contributed by atoms with E-state index in [9.17, 15) is 38.5 Å². The second kappa shape index (κ2) is 15.5. The molecule has 34 heavy (non-hydrogen) atoms. The molecule has 0 aromatic carbocycles. The van der Waals surface area contributed by atoms with Gasteiger partial charge in [0.05, 0.1) is 0 Å². The van der Waals surface area contributed by atoms with Crippen LogP contribution in [0.3, 0.4) is 0 Å². The maximum absolute atomic E-state index is 11.1. The molecule has 1 aliphatic carbocycles. The summed E-state index contributed by atoms with van der Waals surface area (Å²) in [6, 6.07) is -1.39. The predicted molar refractivity (Wildman–Crippen MR) is 110 cm³/mol. The van der Waals surface area contributed by atoms with E-state index in [1.807, 2.05) is 0 Å². The molecule has 5 atom stereocenters. The van der Waals surface area contributed by atoms with Crippen molar-refractivity contribution in [1.29, 1.82) is 0 Å². The molecule has 208 valence electrons. The molecule has 0 heterocycles. The van der Waals surface area contributed by atoms with Crippen LogP contribution in [-0.2, 0) is 30.2 Å². The van der Waals surface area contributed by atoms with Crippen LogP contribution < -0.4 is 29.4 Å². The monoisotopic (exact) mass is 753 g/mol. The van der Waals surface area contributed by atoms with Gasteiger partial charge >= 0.3 is 36.3 Å². The molecule has 0 saturated heterocycles. The maximum atomic E-state index is 11.1. The zero-order valence-corrected chi connectivity index (χ0v) is 24.0. The van der Waals surface area contributed by atoms with E-state index in [0.717, 1.165) is 19.8 Å². The molecule has 1 saturated carbocycles. The summed E-state index contributed by atoms with van der Waals surface area (Å²) < 4.78 is 39.5. The van der Waals surface area contributed by atoms with E-state index in [4.69, 9.17) is 30.4 Å². The van der Waals surface area contributed by atoms with Gasteiger partial charge in [0.25, 0.3) is 0 Å². The van der Waals surface area contributed by atoms with Crippen LogP contribution in [0.1, 0.15) is 32.6 Å². The molecule has 5 unspecified atom stereocenters. The molecule has 1 fully saturated rings. The second-order valence-corrected chi connectivity index (χ2v) is 14.1. The van der Waals surface area contributed by atoms with Crippen molar-refractivity contribution in [2.45, 2.75) is 50.7 Å². The van der Waals surface area contributed by atoms with Crippen LogP contribution in [0.15, 0.2) is 0 Å². The first-order chi connectivity index (χ1) is 14.6. The van der Waals surface area contributed by atoms with Crippen molar-refractivity contribution in [3.63, 3.8) is 0 Å². The quantitative estimate of drug-likeness (QED) is 0.158. The molecule has 0 aromatic rings. The fraction of sp³-hybridized carbons (Fsp3) is 1.00. The van der Waals surface area contributed by atoms with E-state index in [0.29, 0.717) is 9.80 Å². The Kier molecular flexibility index (Phi) is 17.0. The molecule has 21 heteroatoms. The van der Waals surface area contributed by atoms with E-state index >= 15 is 0 Å². The van der Waals surface area contributed by atoms with Gasteiger partial charge in [-0.05, 0) is 6.92 Å². The summed E-state index contributed by atoms with van der Waals surface area (Å²) in [5, 5.41) is 0. The Morgan fingerprint density at radius 3 is 1.53 bits per heavy atom. The fourth-order valence-electron chi connectivity index (χ4n) is 3.07. The number of nitrogens with one attached hydrogen (secondary N) is 2. The summed E-state index contributed by atoms with van der Waals surface area (Å²) >= 11 is 0. The second-order valence-electron chi connectivity index (χ2n) is 7.91. The number of nitrogens with zero attached hydrogens (tertiary/aromatic N) is 2. The predicted octanol–water partition coefficient (Wildman–Crippen LogP) is -2.99. The van der Waals surface area contributed by atoms with Crippen molar-refractivity contribution in [1.82, 2.24) is 9.80 Å². The minimum Gasteiger partial charge on any atom is -0.810 e. The van der Waals surface area contributed by atoms with Gasteiger partial charge in [-0.25, -0.2) is 0 Å². The number of hydrogen-bond acceptors (Lipinski definition) is 10. The topological polar surface area (TPSA) is 310 Å². The summed E-state index contributed by atoms with van der Waals surface area (Å²) in [6.07, 6.45) is -0.704. The smallest absolute Gasteiger partial charge is 0.810 e. The zero-order valence-electron chi connectivity index (χ0n) is 18.2. The minimum absolute atomic E-state index is 0. The molecular formula is C13H30N4O12P4Pt-4. The standard InChI is InChI=1S/C7H22N2O12P4.C6H12N2.Pt/c1-7(9(5-24(16,17)18)6-25(19,20)21)2-8(3-22(10,11)12)4-23(13,14)15;7-5-3-1-2-4-6(5)8;/h7H,2-6H2,1H3,(H2,10,11,12)(H2,13,14,15)(H2,16,17,18)(H2,19,20,21);5-8H,1-4H2;/q;-2;+2/p-4. The largest absolute Gasteiger partial charge is 2.00 e. The Morgan fingerprint density at radius 2 is 1.24 bits per heavy atom. The van der Waals surface area contributed by atoms with Crippen LogP contribution in [0.4, 0.5) is 0 Å². The molecule has 0 bridgehead atoms. The molecular weight excluding hydrogens is 723 g/mol. The van der Waals surface area contributed by atoms with E-state index in [2.05, 4.69) is 0 Å². The van der Waals surface area contributed by atoms with Gasteiger partial charge in [0.1, 0.15) is 12.6 Å². The third-order valence-electron chi connectivity index (χ3n) is 4.39. The van der Waals surface area contributed by atoms with Gasteiger partial charge in [-0.3, -0.25) is 9.80 Å². The van der Waals surface area contributed by atoms with Crippen LogP contribution in [0, 0.1) is 0 Å². The molecule has 0 spiro atoms. The summed E-state index contributed by atoms with van der Waals surface area (Å²) in [5.41, 5.74) is 14.6. The summed E-state index contributed by atoms with van der Waals surface area (Å²) in [7, 11) is -20.1. The van der Waals surface area contributed by atoms with Crippen LogP contribution in [-0.4, -0.2) is 78.5 Å². The van der Waals surface area contributed by atoms with Gasteiger partial charge in [0, 0.05) is 25.2 Å². The van der Waals surface area contributed by atoms with E-state index in [1.165, 1.54) is 12.8 Å². The van der Waals surface area contributed by atoms with Gasteiger partial charge in [-0.15, -0.1) is 0 Å². The molecule has 6 N–H and O–H groups in total. The Bertz CT molecular complexity index is 728. The Labute approximate surface area is 212 Å². The Morgan fingerprint density at radius 1 is 0.853 bits per heavy atom. The third-order valence-corrected chi connectivity index (χ3v) is 7.35. The van der Waals surface area contributed by atoms with E-state index in [-0.39, 0.29) is 33.1 Å². The first kappa shape index (κ1) is 37.3. The number of rotatable bonds is 11. The molecule has 1 rings (SSSR count). The Hall–Kier alpha value is 1.13.